The number of carbonyl (C=O) groups is 1. The molecule has 0 aromatic heterocycles. The third-order valence-corrected chi connectivity index (χ3v) is 3.00. The van der Waals surface area contributed by atoms with Crippen LogP contribution in [0.15, 0.2) is 42.5 Å². The number of nitrogens with one attached hydrogen (secondary N) is 1. The van der Waals surface area contributed by atoms with Crippen LogP contribution in [-0.4, -0.2) is 25.2 Å². The summed E-state index contributed by atoms with van der Waals surface area (Å²) in [5.74, 6) is 1.09. The number of aromatic hydroxyl groups is 1. The first kappa shape index (κ1) is 14.7. The Morgan fingerprint density at radius 3 is 2.14 bits per heavy atom. The fourth-order valence-corrected chi connectivity index (χ4v) is 1.84. The molecule has 21 heavy (non-hydrogen) atoms. The number of rotatable bonds is 5. The quantitative estimate of drug-likeness (QED) is 0.885. The lowest BCUT2D eigenvalue weighted by Gasteiger charge is -2.09. The summed E-state index contributed by atoms with van der Waals surface area (Å²) in [7, 11) is 3.07. The molecule has 110 valence electrons. The zero-order valence-corrected chi connectivity index (χ0v) is 11.9. The van der Waals surface area contributed by atoms with E-state index in [0.717, 1.165) is 5.56 Å². The van der Waals surface area contributed by atoms with Crippen LogP contribution < -0.4 is 14.8 Å². The van der Waals surface area contributed by atoms with Gasteiger partial charge in [0, 0.05) is 18.2 Å². The van der Waals surface area contributed by atoms with Gasteiger partial charge in [0.2, 0.25) is 0 Å². The molecule has 1 amide bonds. The molecule has 0 aliphatic carbocycles. The first-order chi connectivity index (χ1) is 10.1. The van der Waals surface area contributed by atoms with Gasteiger partial charge in [-0.3, -0.25) is 4.79 Å². The van der Waals surface area contributed by atoms with Gasteiger partial charge in [-0.15, -0.1) is 0 Å². The number of carbonyl (C=O) groups excluding carboxylic acids is 1. The van der Waals surface area contributed by atoms with E-state index in [-0.39, 0.29) is 11.7 Å². The van der Waals surface area contributed by atoms with Crippen LogP contribution in [0, 0.1) is 0 Å². The highest BCUT2D eigenvalue weighted by Gasteiger charge is 2.09. The molecule has 5 heteroatoms. The number of phenolic OH excluding ortho intramolecular Hbond substituents is 1. The van der Waals surface area contributed by atoms with Crippen molar-refractivity contribution < 1.29 is 19.4 Å². The predicted octanol–water partition coefficient (Wildman–Crippen LogP) is 2.34. The summed E-state index contributed by atoms with van der Waals surface area (Å²) in [5.41, 5.74) is 1.36. The molecular formula is C16H17NO4. The van der Waals surface area contributed by atoms with E-state index >= 15 is 0 Å². The third kappa shape index (κ3) is 3.89. The molecular weight excluding hydrogens is 270 g/mol. The summed E-state index contributed by atoms with van der Waals surface area (Å²) in [6.07, 6.45) is 0. The lowest BCUT2D eigenvalue weighted by atomic mass is 10.1. The Hall–Kier alpha value is -2.69. The normalized spacial score (nSPS) is 10.0. The molecule has 0 saturated carbocycles. The van der Waals surface area contributed by atoms with E-state index in [1.807, 2.05) is 0 Å². The molecule has 2 aromatic rings. The van der Waals surface area contributed by atoms with Crippen molar-refractivity contribution in [1.82, 2.24) is 5.32 Å². The highest BCUT2D eigenvalue weighted by atomic mass is 16.5. The van der Waals surface area contributed by atoms with E-state index in [0.29, 0.717) is 23.6 Å². The Labute approximate surface area is 123 Å². The van der Waals surface area contributed by atoms with Gasteiger partial charge in [-0.25, -0.2) is 0 Å². The van der Waals surface area contributed by atoms with Gasteiger partial charge in [0.15, 0.2) is 0 Å². The Kier molecular flexibility index (Phi) is 4.66. The fraction of sp³-hybridized carbons (Fsp3) is 0.188. The minimum absolute atomic E-state index is 0.197. The summed E-state index contributed by atoms with van der Waals surface area (Å²) in [4.78, 5) is 12.1. The fourth-order valence-electron chi connectivity index (χ4n) is 1.84. The molecule has 0 unspecified atom stereocenters. The molecule has 2 N–H and O–H groups in total. The maximum absolute atomic E-state index is 12.1. The topological polar surface area (TPSA) is 67.8 Å². The second kappa shape index (κ2) is 6.65. The first-order valence-corrected chi connectivity index (χ1v) is 6.41. The number of hydrogen-bond donors (Lipinski definition) is 2. The smallest absolute Gasteiger partial charge is 0.251 e. The molecule has 5 nitrogen and oxygen atoms in total. The Bertz CT molecular complexity index is 600. The van der Waals surface area contributed by atoms with E-state index in [2.05, 4.69) is 5.32 Å². The van der Waals surface area contributed by atoms with Crippen molar-refractivity contribution in [2.45, 2.75) is 6.54 Å². The second-order valence-electron chi connectivity index (χ2n) is 4.45. The number of phenols is 1. The van der Waals surface area contributed by atoms with Crippen LogP contribution in [0.25, 0.3) is 0 Å². The molecule has 2 aromatic carbocycles. The molecule has 0 saturated heterocycles. The average Bonchev–Trinajstić information content (AvgIpc) is 2.53. The van der Waals surface area contributed by atoms with Crippen LogP contribution in [0.4, 0.5) is 0 Å². The number of hydrogen-bond acceptors (Lipinski definition) is 4. The molecule has 0 fully saturated rings. The Morgan fingerprint density at radius 2 is 1.62 bits per heavy atom. The van der Waals surface area contributed by atoms with Crippen LogP contribution in [0.1, 0.15) is 15.9 Å². The van der Waals surface area contributed by atoms with Crippen LogP contribution in [0.2, 0.25) is 0 Å². The summed E-state index contributed by atoms with van der Waals surface area (Å²) in [6.45, 7) is 0.374. The van der Waals surface area contributed by atoms with Crippen LogP contribution >= 0.6 is 0 Å². The van der Waals surface area contributed by atoms with Gasteiger partial charge in [-0.2, -0.15) is 0 Å². The Balaban J connectivity index is 2.07. The third-order valence-electron chi connectivity index (χ3n) is 3.00. The first-order valence-electron chi connectivity index (χ1n) is 6.41. The zero-order valence-electron chi connectivity index (χ0n) is 11.9. The predicted molar refractivity (Wildman–Crippen MR) is 78.8 cm³/mol. The lowest BCUT2D eigenvalue weighted by Crippen LogP contribution is -2.22. The molecule has 0 aliphatic heterocycles. The van der Waals surface area contributed by atoms with E-state index < -0.39 is 0 Å². The molecule has 0 aliphatic rings. The van der Waals surface area contributed by atoms with Crippen molar-refractivity contribution in [3.05, 3.63) is 53.6 Å². The van der Waals surface area contributed by atoms with E-state index in [1.165, 1.54) is 14.2 Å². The maximum atomic E-state index is 12.1. The monoisotopic (exact) mass is 287 g/mol. The molecule has 0 bridgehead atoms. The van der Waals surface area contributed by atoms with Gasteiger partial charge in [0.05, 0.1) is 14.2 Å². The molecule has 0 radical (unpaired) electrons. The van der Waals surface area contributed by atoms with Gasteiger partial charge in [-0.1, -0.05) is 12.1 Å². The van der Waals surface area contributed by atoms with E-state index in [1.54, 1.807) is 42.5 Å². The highest BCUT2D eigenvalue weighted by Crippen LogP contribution is 2.22. The number of methoxy groups -OCH3 is 2. The van der Waals surface area contributed by atoms with Gasteiger partial charge in [0.25, 0.3) is 5.91 Å². The van der Waals surface area contributed by atoms with Crippen LogP contribution in [0.3, 0.4) is 0 Å². The summed E-state index contributed by atoms with van der Waals surface area (Å²) < 4.78 is 10.3. The maximum Gasteiger partial charge on any atom is 0.251 e. The van der Waals surface area contributed by atoms with Gasteiger partial charge < -0.3 is 19.9 Å². The second-order valence-corrected chi connectivity index (χ2v) is 4.45. The molecule has 0 atom stereocenters. The van der Waals surface area contributed by atoms with Crippen molar-refractivity contribution in [2.75, 3.05) is 14.2 Å². The minimum Gasteiger partial charge on any atom is -0.508 e. The Morgan fingerprint density at radius 1 is 1.05 bits per heavy atom. The molecule has 0 heterocycles. The minimum atomic E-state index is -0.222. The number of ether oxygens (including phenoxy) is 2. The highest BCUT2D eigenvalue weighted by molar-refractivity contribution is 5.95. The van der Waals surface area contributed by atoms with Crippen LogP contribution in [-0.2, 0) is 6.54 Å². The summed E-state index contributed by atoms with van der Waals surface area (Å²) in [6, 6.07) is 11.7. The lowest BCUT2D eigenvalue weighted by molar-refractivity contribution is 0.0950. The van der Waals surface area contributed by atoms with Crippen molar-refractivity contribution in [1.29, 1.82) is 0 Å². The van der Waals surface area contributed by atoms with Gasteiger partial charge in [-0.05, 0) is 29.8 Å². The molecule has 0 spiro atoms. The summed E-state index contributed by atoms with van der Waals surface area (Å²) in [5, 5.41) is 12.0. The van der Waals surface area contributed by atoms with Crippen LogP contribution in [0.5, 0.6) is 17.2 Å². The molecule has 2 rings (SSSR count). The standard InChI is InChI=1S/C16H17NO4/c1-20-14-7-12(8-15(9-14)21-2)16(19)17-10-11-3-5-13(18)6-4-11/h3-9,18H,10H2,1-2H3,(H,17,19). The van der Waals surface area contributed by atoms with Gasteiger partial charge >= 0.3 is 0 Å². The van der Waals surface area contributed by atoms with Crippen molar-refractivity contribution in [2.24, 2.45) is 0 Å². The zero-order chi connectivity index (χ0) is 15.2. The largest absolute Gasteiger partial charge is 0.508 e. The SMILES string of the molecule is COc1cc(OC)cc(C(=O)NCc2ccc(O)cc2)c1. The van der Waals surface area contributed by atoms with Gasteiger partial charge in [0.1, 0.15) is 17.2 Å². The summed E-state index contributed by atoms with van der Waals surface area (Å²) >= 11 is 0. The van der Waals surface area contributed by atoms with Crippen molar-refractivity contribution >= 4 is 5.91 Å². The van der Waals surface area contributed by atoms with E-state index in [9.17, 15) is 9.90 Å². The van der Waals surface area contributed by atoms with Crippen molar-refractivity contribution in [3.63, 3.8) is 0 Å². The number of benzene rings is 2. The average molecular weight is 287 g/mol. The van der Waals surface area contributed by atoms with E-state index in [4.69, 9.17) is 9.47 Å². The van der Waals surface area contributed by atoms with Crippen molar-refractivity contribution in [3.8, 4) is 17.2 Å². The number of amides is 1.